The first kappa shape index (κ1) is 16.7. The molecule has 3 N–H and O–H groups in total. The van der Waals surface area contributed by atoms with Crippen LogP contribution in [0.3, 0.4) is 0 Å². The summed E-state index contributed by atoms with van der Waals surface area (Å²) >= 11 is 3.26. The van der Waals surface area contributed by atoms with Crippen LogP contribution in [0.15, 0.2) is 21.6 Å². The van der Waals surface area contributed by atoms with E-state index in [1.807, 2.05) is 6.92 Å². The fourth-order valence-electron chi connectivity index (χ4n) is 2.40. The van der Waals surface area contributed by atoms with E-state index in [4.69, 9.17) is 0 Å². The van der Waals surface area contributed by atoms with Gasteiger partial charge in [0.25, 0.3) is 0 Å². The average molecular weight is 378 g/mol. The highest BCUT2D eigenvalue weighted by molar-refractivity contribution is 9.10. The maximum absolute atomic E-state index is 12.6. The van der Waals surface area contributed by atoms with Crippen molar-refractivity contribution in [2.24, 2.45) is 0 Å². The Balaban J connectivity index is 2.20. The van der Waals surface area contributed by atoms with E-state index < -0.39 is 10.0 Å². The van der Waals surface area contributed by atoms with Crippen molar-refractivity contribution in [3.63, 3.8) is 0 Å². The number of aliphatic hydroxyl groups is 1. The number of pyridine rings is 1. The molecule has 6 nitrogen and oxygen atoms in total. The number of aromatic nitrogens is 1. The van der Waals surface area contributed by atoms with E-state index in [9.17, 15) is 13.5 Å². The van der Waals surface area contributed by atoms with Crippen LogP contribution in [0.25, 0.3) is 0 Å². The number of nitrogens with zero attached hydrogens (tertiary/aromatic N) is 1. The molecule has 0 bridgehead atoms. The van der Waals surface area contributed by atoms with E-state index in [0.717, 1.165) is 0 Å². The Kier molecular flexibility index (Phi) is 5.59. The topological polar surface area (TPSA) is 91.3 Å². The smallest absolute Gasteiger partial charge is 0.244 e. The summed E-state index contributed by atoms with van der Waals surface area (Å²) in [4.78, 5) is 4.27. The Morgan fingerprint density at radius 3 is 2.67 bits per heavy atom. The van der Waals surface area contributed by atoms with Gasteiger partial charge < -0.3 is 10.4 Å². The van der Waals surface area contributed by atoms with Crippen LogP contribution in [-0.4, -0.2) is 37.2 Å². The normalized spacial score (nSPS) is 23.0. The SMILES string of the molecule is CCNc1ncc(Br)cc1S(=O)(=O)NC1CCC(O)CC1. The average Bonchev–Trinajstić information content (AvgIpc) is 2.43. The number of anilines is 1. The van der Waals surface area contributed by atoms with Gasteiger partial charge in [-0.2, -0.15) is 0 Å². The van der Waals surface area contributed by atoms with E-state index in [-0.39, 0.29) is 17.0 Å². The van der Waals surface area contributed by atoms with Crippen molar-refractivity contribution < 1.29 is 13.5 Å². The van der Waals surface area contributed by atoms with Crippen LogP contribution in [0.5, 0.6) is 0 Å². The summed E-state index contributed by atoms with van der Waals surface area (Å²) in [6.45, 7) is 2.48. The Labute approximate surface area is 133 Å². The van der Waals surface area contributed by atoms with Crippen LogP contribution in [0.2, 0.25) is 0 Å². The summed E-state index contributed by atoms with van der Waals surface area (Å²) in [5.74, 6) is 0.351. The van der Waals surface area contributed by atoms with Gasteiger partial charge in [0.05, 0.1) is 6.10 Å². The minimum absolute atomic E-state index is 0.133. The van der Waals surface area contributed by atoms with Gasteiger partial charge >= 0.3 is 0 Å². The van der Waals surface area contributed by atoms with Gasteiger partial charge in [-0.25, -0.2) is 18.1 Å². The molecule has 1 heterocycles. The predicted molar refractivity (Wildman–Crippen MR) is 84.7 cm³/mol. The molecule has 0 amide bonds. The molecule has 1 fully saturated rings. The molecule has 1 aromatic heterocycles. The Bertz CT molecular complexity index is 586. The lowest BCUT2D eigenvalue weighted by molar-refractivity contribution is 0.120. The van der Waals surface area contributed by atoms with Crippen molar-refractivity contribution in [2.45, 2.75) is 49.6 Å². The van der Waals surface area contributed by atoms with Crippen molar-refractivity contribution in [3.05, 3.63) is 16.7 Å². The maximum Gasteiger partial charge on any atom is 0.244 e. The highest BCUT2D eigenvalue weighted by Gasteiger charge is 2.27. The predicted octanol–water partition coefficient (Wildman–Crippen LogP) is 1.86. The minimum Gasteiger partial charge on any atom is -0.393 e. The minimum atomic E-state index is -3.64. The van der Waals surface area contributed by atoms with Crippen molar-refractivity contribution in [3.8, 4) is 0 Å². The number of sulfonamides is 1. The summed E-state index contributed by atoms with van der Waals surface area (Å²) < 4.78 is 28.4. The number of rotatable bonds is 5. The zero-order valence-corrected chi connectivity index (χ0v) is 14.2. The van der Waals surface area contributed by atoms with Crippen molar-refractivity contribution in [2.75, 3.05) is 11.9 Å². The van der Waals surface area contributed by atoms with Gasteiger partial charge in [0.15, 0.2) is 0 Å². The van der Waals surface area contributed by atoms with Gasteiger partial charge in [-0.15, -0.1) is 0 Å². The third kappa shape index (κ3) is 4.38. The van der Waals surface area contributed by atoms with Crippen LogP contribution >= 0.6 is 15.9 Å². The Hall–Kier alpha value is -0.700. The number of aliphatic hydroxyl groups excluding tert-OH is 1. The largest absolute Gasteiger partial charge is 0.393 e. The molecule has 1 aliphatic rings. The lowest BCUT2D eigenvalue weighted by atomic mass is 9.94. The summed E-state index contributed by atoms with van der Waals surface area (Å²) in [5, 5.41) is 12.5. The zero-order valence-electron chi connectivity index (χ0n) is 11.8. The highest BCUT2D eigenvalue weighted by atomic mass is 79.9. The molecule has 0 radical (unpaired) electrons. The van der Waals surface area contributed by atoms with E-state index in [1.54, 1.807) is 12.3 Å². The monoisotopic (exact) mass is 377 g/mol. The van der Waals surface area contributed by atoms with E-state index >= 15 is 0 Å². The molecular formula is C13H20BrN3O3S. The quantitative estimate of drug-likeness (QED) is 0.728. The molecule has 1 aliphatic carbocycles. The maximum atomic E-state index is 12.6. The number of nitrogens with one attached hydrogen (secondary N) is 2. The third-order valence-corrected chi connectivity index (χ3v) is 5.44. The molecule has 0 unspecified atom stereocenters. The number of hydrogen-bond acceptors (Lipinski definition) is 5. The fraction of sp³-hybridized carbons (Fsp3) is 0.615. The molecule has 0 saturated heterocycles. The van der Waals surface area contributed by atoms with Crippen LogP contribution in [-0.2, 0) is 10.0 Å². The third-order valence-electron chi connectivity index (χ3n) is 3.47. The van der Waals surface area contributed by atoms with E-state index in [0.29, 0.717) is 42.5 Å². The molecule has 1 aromatic rings. The second kappa shape index (κ2) is 7.04. The van der Waals surface area contributed by atoms with Gasteiger partial charge in [0.2, 0.25) is 10.0 Å². The molecule has 0 aromatic carbocycles. The Morgan fingerprint density at radius 2 is 2.05 bits per heavy atom. The summed E-state index contributed by atoms with van der Waals surface area (Å²) in [6, 6.07) is 1.41. The zero-order chi connectivity index (χ0) is 15.5. The first-order valence-corrected chi connectivity index (χ1v) is 9.30. The van der Waals surface area contributed by atoms with Crippen molar-refractivity contribution >= 4 is 31.8 Å². The first-order chi connectivity index (χ1) is 9.92. The van der Waals surface area contributed by atoms with Crippen molar-refractivity contribution in [1.82, 2.24) is 9.71 Å². The molecule has 1 saturated carbocycles. The number of hydrogen-bond donors (Lipinski definition) is 3. The highest BCUT2D eigenvalue weighted by Crippen LogP contribution is 2.25. The van der Waals surface area contributed by atoms with Crippen molar-refractivity contribution in [1.29, 1.82) is 0 Å². The van der Waals surface area contributed by atoms with Gasteiger partial charge in [-0.1, -0.05) is 0 Å². The van der Waals surface area contributed by atoms with Crippen LogP contribution in [0.4, 0.5) is 5.82 Å². The second-order valence-corrected chi connectivity index (χ2v) is 7.76. The molecule has 0 aliphatic heterocycles. The first-order valence-electron chi connectivity index (χ1n) is 7.02. The van der Waals surface area contributed by atoms with Gasteiger partial charge in [0.1, 0.15) is 10.7 Å². The second-order valence-electron chi connectivity index (χ2n) is 5.16. The van der Waals surface area contributed by atoms with Crippen LogP contribution in [0, 0.1) is 0 Å². The number of halogens is 1. The standard InChI is InChI=1S/C13H20BrN3O3S/c1-2-15-13-12(7-9(14)8-16-13)21(19,20)17-10-3-5-11(18)6-4-10/h7-8,10-11,17-18H,2-6H2,1H3,(H,15,16). The molecule has 8 heteroatoms. The lowest BCUT2D eigenvalue weighted by Gasteiger charge is -2.26. The van der Waals surface area contributed by atoms with Gasteiger partial charge in [-0.3, -0.25) is 0 Å². The molecule has 2 rings (SSSR count). The van der Waals surface area contributed by atoms with Crippen LogP contribution < -0.4 is 10.0 Å². The van der Waals surface area contributed by atoms with Gasteiger partial charge in [-0.05, 0) is 54.6 Å². The molecule has 0 spiro atoms. The molecule has 0 atom stereocenters. The molecular weight excluding hydrogens is 358 g/mol. The fourth-order valence-corrected chi connectivity index (χ4v) is 4.35. The van der Waals surface area contributed by atoms with Crippen LogP contribution in [0.1, 0.15) is 32.6 Å². The van der Waals surface area contributed by atoms with Gasteiger partial charge in [0, 0.05) is 23.3 Å². The summed E-state index contributed by atoms with van der Waals surface area (Å²) in [6.07, 6.45) is 3.81. The summed E-state index contributed by atoms with van der Waals surface area (Å²) in [7, 11) is -3.64. The molecule has 21 heavy (non-hydrogen) atoms. The Morgan fingerprint density at radius 1 is 1.38 bits per heavy atom. The molecule has 118 valence electrons. The lowest BCUT2D eigenvalue weighted by Crippen LogP contribution is -2.38. The summed E-state index contributed by atoms with van der Waals surface area (Å²) in [5.41, 5.74) is 0. The van der Waals surface area contributed by atoms with E-state index in [1.165, 1.54) is 0 Å². The van der Waals surface area contributed by atoms with E-state index in [2.05, 4.69) is 31.0 Å².